The maximum Gasteiger partial charge on any atom is 0.416 e. The average Bonchev–Trinajstić information content (AvgIpc) is 3.26. The Morgan fingerprint density at radius 3 is 2.27 bits per heavy atom. The number of nitrogens with one attached hydrogen (secondary N) is 1. The van der Waals surface area contributed by atoms with Gasteiger partial charge in [-0.2, -0.15) is 13.2 Å². The molecule has 1 N–H and O–H groups in total. The molecule has 4 aromatic carbocycles. The maximum atomic E-state index is 13.8. The van der Waals surface area contributed by atoms with Gasteiger partial charge in [-0.25, -0.2) is 0 Å². The second-order valence-electron chi connectivity index (χ2n) is 9.79. The van der Waals surface area contributed by atoms with E-state index in [4.69, 9.17) is 17.0 Å². The molecule has 0 aliphatic carbocycles. The van der Waals surface area contributed by atoms with Crippen LogP contribution >= 0.6 is 24.0 Å². The summed E-state index contributed by atoms with van der Waals surface area (Å²) in [7, 11) is 1.78. The van der Waals surface area contributed by atoms with E-state index in [-0.39, 0.29) is 10.7 Å². The van der Waals surface area contributed by atoms with Crippen molar-refractivity contribution in [2.75, 3.05) is 4.90 Å². The minimum absolute atomic E-state index is 0.0784. The predicted octanol–water partition coefficient (Wildman–Crippen LogP) is 7.97. The largest absolute Gasteiger partial charge is 0.457 e. The van der Waals surface area contributed by atoms with Crippen molar-refractivity contribution >= 4 is 63.6 Å². The molecule has 6 nitrogen and oxygen atoms in total. The third-order valence-electron chi connectivity index (χ3n) is 6.93. The molecule has 0 spiro atoms. The number of para-hydroxylation sites is 2. The van der Waals surface area contributed by atoms with Crippen molar-refractivity contribution in [2.45, 2.75) is 16.1 Å². The molecule has 5 aromatic rings. The first-order chi connectivity index (χ1) is 21.1. The Hall–Kier alpha value is -4.87. The summed E-state index contributed by atoms with van der Waals surface area (Å²) in [5.41, 5.74) is 0.767. The minimum atomic E-state index is -4.50. The second kappa shape index (κ2) is 11.7. The molecule has 1 aromatic heterocycles. The summed E-state index contributed by atoms with van der Waals surface area (Å²) < 4.78 is 47.9. The van der Waals surface area contributed by atoms with Gasteiger partial charge in [0.05, 0.1) is 16.3 Å². The van der Waals surface area contributed by atoms with Crippen molar-refractivity contribution in [3.8, 4) is 11.5 Å². The zero-order valence-corrected chi connectivity index (χ0v) is 24.6. The molecule has 11 heteroatoms. The number of thiocarbonyl (C=S) groups is 1. The number of ether oxygens (including phenoxy) is 1. The zero-order valence-electron chi connectivity index (χ0n) is 23.0. The van der Waals surface area contributed by atoms with E-state index in [0.29, 0.717) is 32.7 Å². The highest BCUT2D eigenvalue weighted by atomic mass is 32.2. The van der Waals surface area contributed by atoms with Gasteiger partial charge in [-0.15, -0.1) is 0 Å². The van der Waals surface area contributed by atoms with Crippen LogP contribution in [0.2, 0.25) is 0 Å². The monoisotopic (exact) mass is 629 g/mol. The number of carbonyl (C=O) groups is 2. The summed E-state index contributed by atoms with van der Waals surface area (Å²) in [5.74, 6) is -0.125. The highest BCUT2D eigenvalue weighted by Gasteiger charge is 2.35. The number of rotatable bonds is 6. The van der Waals surface area contributed by atoms with E-state index < -0.39 is 23.6 Å². The lowest BCUT2D eigenvalue weighted by Gasteiger charge is -2.29. The van der Waals surface area contributed by atoms with E-state index in [2.05, 4.69) is 5.32 Å². The number of fused-ring (bicyclic) bond motifs is 1. The van der Waals surface area contributed by atoms with Crippen molar-refractivity contribution < 1.29 is 27.5 Å². The van der Waals surface area contributed by atoms with E-state index in [9.17, 15) is 22.8 Å². The number of hydrogen-bond donors (Lipinski definition) is 1. The zero-order chi connectivity index (χ0) is 31.0. The molecule has 1 aliphatic rings. The summed E-state index contributed by atoms with van der Waals surface area (Å²) in [5, 5.41) is 3.79. The molecule has 0 unspecified atom stereocenters. The molecule has 0 saturated carbocycles. The van der Waals surface area contributed by atoms with Gasteiger partial charge in [-0.3, -0.25) is 19.8 Å². The molecule has 1 aliphatic heterocycles. The molecule has 44 heavy (non-hydrogen) atoms. The molecule has 0 radical (unpaired) electrons. The Balaban J connectivity index is 1.37. The Kier molecular flexibility index (Phi) is 7.74. The number of aromatic nitrogens is 1. The molecular formula is C33H22F3N3O3S2. The van der Waals surface area contributed by atoms with Gasteiger partial charge in [0.25, 0.3) is 11.8 Å². The van der Waals surface area contributed by atoms with E-state index in [1.54, 1.807) is 37.4 Å². The highest BCUT2D eigenvalue weighted by molar-refractivity contribution is 7.99. The van der Waals surface area contributed by atoms with Crippen LogP contribution in [-0.2, 0) is 22.8 Å². The number of halogens is 3. The van der Waals surface area contributed by atoms with E-state index in [1.165, 1.54) is 17.0 Å². The first-order valence-electron chi connectivity index (χ1n) is 13.3. The van der Waals surface area contributed by atoms with Gasteiger partial charge in [0.1, 0.15) is 17.1 Å². The molecule has 2 amide bonds. The van der Waals surface area contributed by atoms with Gasteiger partial charge in [-0.05, 0) is 79.0 Å². The van der Waals surface area contributed by atoms with E-state index >= 15 is 0 Å². The third-order valence-corrected chi connectivity index (χ3v) is 8.39. The lowest BCUT2D eigenvalue weighted by Crippen LogP contribution is -2.54. The molecule has 6 rings (SSSR count). The molecule has 0 bridgehead atoms. The molecule has 220 valence electrons. The highest BCUT2D eigenvalue weighted by Crippen LogP contribution is 2.40. The Labute approximate surface area is 259 Å². The normalized spacial score (nSPS) is 14.8. The van der Waals surface area contributed by atoms with Crippen LogP contribution in [-0.4, -0.2) is 21.5 Å². The lowest BCUT2D eigenvalue weighted by molar-refractivity contribution is -0.137. The molecule has 1 fully saturated rings. The van der Waals surface area contributed by atoms with Crippen molar-refractivity contribution in [3.63, 3.8) is 0 Å². The summed E-state index contributed by atoms with van der Waals surface area (Å²) in [6.07, 6.45) is -3.03. The molecule has 1 saturated heterocycles. The van der Waals surface area contributed by atoms with Crippen molar-refractivity contribution in [3.05, 3.63) is 120 Å². The third kappa shape index (κ3) is 5.71. The quantitative estimate of drug-likeness (QED) is 0.117. The minimum Gasteiger partial charge on any atom is -0.457 e. The molecule has 0 atom stereocenters. The van der Waals surface area contributed by atoms with Crippen LogP contribution in [0.25, 0.3) is 17.0 Å². The Bertz CT molecular complexity index is 1950. The molecular weight excluding hydrogens is 608 g/mol. The summed E-state index contributed by atoms with van der Waals surface area (Å²) in [6, 6.07) is 28.2. The van der Waals surface area contributed by atoms with Gasteiger partial charge < -0.3 is 9.30 Å². The van der Waals surface area contributed by atoms with Crippen LogP contribution in [0, 0.1) is 0 Å². The lowest BCUT2D eigenvalue weighted by atomic mass is 10.1. The SMILES string of the molecule is Cn1c(Sc2cccc(C(F)(F)F)c2)c(/C=C2\C(=O)NC(=S)N(c3ccc(Oc4ccccc4)cc3)C2=O)c2ccccc21. The smallest absolute Gasteiger partial charge is 0.416 e. The maximum absolute atomic E-state index is 13.8. The predicted molar refractivity (Wildman–Crippen MR) is 168 cm³/mol. The first-order valence-corrected chi connectivity index (χ1v) is 14.5. The van der Waals surface area contributed by atoms with Gasteiger partial charge in [0.15, 0.2) is 5.11 Å². The van der Waals surface area contributed by atoms with E-state index in [0.717, 1.165) is 34.8 Å². The van der Waals surface area contributed by atoms with Crippen LogP contribution in [0.4, 0.5) is 18.9 Å². The van der Waals surface area contributed by atoms with E-state index in [1.807, 2.05) is 59.2 Å². The summed E-state index contributed by atoms with van der Waals surface area (Å²) >= 11 is 6.48. The summed E-state index contributed by atoms with van der Waals surface area (Å²) in [6.45, 7) is 0. The van der Waals surface area contributed by atoms with Gasteiger partial charge in [0, 0.05) is 28.4 Å². The number of benzene rings is 4. The second-order valence-corrected chi connectivity index (χ2v) is 11.2. The number of aryl methyl sites for hydroxylation is 1. The molecule has 2 heterocycles. The van der Waals surface area contributed by atoms with Crippen LogP contribution in [0.5, 0.6) is 11.5 Å². The fourth-order valence-electron chi connectivity index (χ4n) is 4.83. The first kappa shape index (κ1) is 29.2. The Morgan fingerprint density at radius 2 is 1.55 bits per heavy atom. The van der Waals surface area contributed by atoms with Gasteiger partial charge >= 0.3 is 6.18 Å². The van der Waals surface area contributed by atoms with Crippen LogP contribution in [0.3, 0.4) is 0 Å². The number of alkyl halides is 3. The fraction of sp³-hybridized carbons (Fsp3) is 0.0606. The standard InChI is InChI=1S/C33H22F3N3O3S2/c1-38-28-13-6-5-12-25(28)26(31(38)44-24-11-7-8-20(18-24)33(34,35)36)19-27-29(40)37-32(43)39(30(27)41)21-14-16-23(17-15-21)42-22-9-3-2-4-10-22/h2-19H,1H3,(H,37,40,43)/b27-19+. The number of nitrogens with zero attached hydrogens (tertiary/aromatic N) is 2. The Morgan fingerprint density at radius 1 is 0.864 bits per heavy atom. The number of carbonyl (C=O) groups excluding carboxylic acids is 2. The van der Waals surface area contributed by atoms with Crippen molar-refractivity contribution in [2.24, 2.45) is 7.05 Å². The summed E-state index contributed by atoms with van der Waals surface area (Å²) in [4.78, 5) is 28.6. The number of hydrogen-bond acceptors (Lipinski definition) is 5. The number of anilines is 1. The van der Waals surface area contributed by atoms with Gasteiger partial charge in [-0.1, -0.05) is 54.2 Å². The van der Waals surface area contributed by atoms with Crippen LogP contribution in [0.1, 0.15) is 11.1 Å². The van der Waals surface area contributed by atoms with Crippen molar-refractivity contribution in [1.29, 1.82) is 0 Å². The topological polar surface area (TPSA) is 63.6 Å². The number of amides is 2. The van der Waals surface area contributed by atoms with Crippen LogP contribution < -0.4 is 15.0 Å². The van der Waals surface area contributed by atoms with Gasteiger partial charge in [0.2, 0.25) is 0 Å². The van der Waals surface area contributed by atoms with Crippen LogP contribution in [0.15, 0.2) is 119 Å². The average molecular weight is 630 g/mol. The van der Waals surface area contributed by atoms with Crippen molar-refractivity contribution in [1.82, 2.24) is 9.88 Å². The fourth-order valence-corrected chi connectivity index (χ4v) is 6.18.